The standard InChI is InChI=1S/C16H22ClFN4O/c1-20-16(23)8-15(22-6-2-3-13(19)10-22)21-9-11-4-5-12(18)7-14(11)17/h4-5,7-8,13,21H,2-3,6,9-10,19H2,1H3,(H,20,23)/b15-8+/t13-/m1/s1. The van der Waals surface area contributed by atoms with Gasteiger partial charge in [-0.15, -0.1) is 0 Å². The number of amides is 1. The number of hydrogen-bond acceptors (Lipinski definition) is 4. The van der Waals surface area contributed by atoms with Gasteiger partial charge in [-0.2, -0.15) is 0 Å². The van der Waals surface area contributed by atoms with Crippen LogP contribution in [0.2, 0.25) is 5.02 Å². The normalized spacial score (nSPS) is 18.7. The van der Waals surface area contributed by atoms with Crippen molar-refractivity contribution in [2.24, 2.45) is 5.73 Å². The molecule has 0 radical (unpaired) electrons. The fourth-order valence-corrected chi connectivity index (χ4v) is 2.76. The molecule has 4 N–H and O–H groups in total. The summed E-state index contributed by atoms with van der Waals surface area (Å²) in [6.45, 7) is 1.92. The van der Waals surface area contributed by atoms with Crippen LogP contribution in [0.5, 0.6) is 0 Å². The first-order valence-corrected chi connectivity index (χ1v) is 7.99. The smallest absolute Gasteiger partial charge is 0.247 e. The maximum absolute atomic E-state index is 13.1. The summed E-state index contributed by atoms with van der Waals surface area (Å²) < 4.78 is 13.1. The van der Waals surface area contributed by atoms with E-state index in [0.29, 0.717) is 23.9 Å². The molecular weight excluding hydrogens is 319 g/mol. The summed E-state index contributed by atoms with van der Waals surface area (Å²) in [7, 11) is 1.58. The molecule has 0 aromatic heterocycles. The molecule has 0 unspecified atom stereocenters. The first-order chi connectivity index (χ1) is 11.0. The van der Waals surface area contributed by atoms with E-state index in [4.69, 9.17) is 17.3 Å². The minimum Gasteiger partial charge on any atom is -0.367 e. The number of nitrogens with one attached hydrogen (secondary N) is 2. The van der Waals surface area contributed by atoms with Crippen LogP contribution >= 0.6 is 11.6 Å². The molecule has 7 heteroatoms. The van der Waals surface area contributed by atoms with Crippen LogP contribution in [0, 0.1) is 5.82 Å². The van der Waals surface area contributed by atoms with E-state index in [1.807, 2.05) is 0 Å². The van der Waals surface area contributed by atoms with Gasteiger partial charge in [-0.05, 0) is 30.5 Å². The van der Waals surface area contributed by atoms with Crippen LogP contribution in [0.3, 0.4) is 0 Å². The highest BCUT2D eigenvalue weighted by Crippen LogP contribution is 2.18. The third-order valence-electron chi connectivity index (χ3n) is 3.79. The third-order valence-corrected chi connectivity index (χ3v) is 4.14. The minimum absolute atomic E-state index is 0.0908. The quantitative estimate of drug-likeness (QED) is 0.712. The number of likely N-dealkylation sites (N-methyl/N-ethyl adjacent to an activating group) is 1. The SMILES string of the molecule is CNC(=O)/C=C(\NCc1ccc(F)cc1Cl)N1CCC[C@@H](N)C1. The van der Waals surface area contributed by atoms with Gasteiger partial charge in [-0.3, -0.25) is 4.79 Å². The summed E-state index contributed by atoms with van der Waals surface area (Å²) in [4.78, 5) is 13.8. The van der Waals surface area contributed by atoms with Crippen LogP contribution in [0.15, 0.2) is 30.1 Å². The van der Waals surface area contributed by atoms with Gasteiger partial charge in [0, 0.05) is 43.8 Å². The molecule has 1 fully saturated rings. The Morgan fingerprint density at radius 1 is 1.57 bits per heavy atom. The Bertz CT molecular complexity index is 593. The van der Waals surface area contributed by atoms with Crippen LogP contribution in [-0.2, 0) is 11.3 Å². The molecular formula is C16H22ClFN4O. The van der Waals surface area contributed by atoms with Gasteiger partial charge >= 0.3 is 0 Å². The molecule has 1 aliphatic heterocycles. The molecule has 23 heavy (non-hydrogen) atoms. The maximum atomic E-state index is 13.1. The van der Waals surface area contributed by atoms with Crippen molar-refractivity contribution in [3.05, 3.63) is 46.5 Å². The summed E-state index contributed by atoms with van der Waals surface area (Å²) in [5, 5.41) is 6.14. The molecule has 1 heterocycles. The van der Waals surface area contributed by atoms with Crippen LogP contribution < -0.4 is 16.4 Å². The molecule has 1 aromatic rings. The van der Waals surface area contributed by atoms with Gasteiger partial charge in [0.25, 0.3) is 0 Å². The van der Waals surface area contributed by atoms with E-state index in [1.54, 1.807) is 13.1 Å². The van der Waals surface area contributed by atoms with Crippen molar-refractivity contribution < 1.29 is 9.18 Å². The monoisotopic (exact) mass is 340 g/mol. The van der Waals surface area contributed by atoms with Crippen LogP contribution in [0.25, 0.3) is 0 Å². The maximum Gasteiger partial charge on any atom is 0.247 e. The molecule has 0 bridgehead atoms. The van der Waals surface area contributed by atoms with E-state index in [-0.39, 0.29) is 17.8 Å². The number of nitrogens with two attached hydrogens (primary N) is 1. The highest BCUT2D eigenvalue weighted by atomic mass is 35.5. The lowest BCUT2D eigenvalue weighted by atomic mass is 10.1. The fraction of sp³-hybridized carbons (Fsp3) is 0.438. The van der Waals surface area contributed by atoms with Crippen molar-refractivity contribution in [1.29, 1.82) is 0 Å². The van der Waals surface area contributed by atoms with Crippen molar-refractivity contribution in [1.82, 2.24) is 15.5 Å². The molecule has 1 saturated heterocycles. The lowest BCUT2D eigenvalue weighted by molar-refractivity contribution is -0.116. The first kappa shape index (κ1) is 17.6. The van der Waals surface area contributed by atoms with E-state index in [2.05, 4.69) is 15.5 Å². The number of carbonyl (C=O) groups is 1. The molecule has 1 aliphatic rings. The molecule has 1 atom stereocenters. The van der Waals surface area contributed by atoms with Crippen LogP contribution in [0.1, 0.15) is 18.4 Å². The second-order valence-corrected chi connectivity index (χ2v) is 5.99. The van der Waals surface area contributed by atoms with E-state index in [0.717, 1.165) is 24.9 Å². The van der Waals surface area contributed by atoms with Crippen molar-refractivity contribution in [2.45, 2.75) is 25.4 Å². The average molecular weight is 341 g/mol. The Morgan fingerprint density at radius 3 is 3.00 bits per heavy atom. The molecule has 1 amide bonds. The number of likely N-dealkylation sites (tertiary alicyclic amines) is 1. The first-order valence-electron chi connectivity index (χ1n) is 7.61. The van der Waals surface area contributed by atoms with Crippen molar-refractivity contribution in [2.75, 3.05) is 20.1 Å². The second-order valence-electron chi connectivity index (χ2n) is 5.58. The highest BCUT2D eigenvalue weighted by Gasteiger charge is 2.19. The average Bonchev–Trinajstić information content (AvgIpc) is 2.52. The topological polar surface area (TPSA) is 70.4 Å². The summed E-state index contributed by atoms with van der Waals surface area (Å²) >= 11 is 6.04. The Kier molecular flexibility index (Phi) is 6.24. The summed E-state index contributed by atoms with van der Waals surface area (Å²) in [6.07, 6.45) is 3.47. The number of halogens is 2. The van der Waals surface area contributed by atoms with E-state index in [1.165, 1.54) is 18.2 Å². The Balaban J connectivity index is 2.11. The molecule has 0 saturated carbocycles. The lowest BCUT2D eigenvalue weighted by Gasteiger charge is -2.34. The zero-order valence-corrected chi connectivity index (χ0v) is 13.9. The predicted octanol–water partition coefficient (Wildman–Crippen LogP) is 1.58. The Morgan fingerprint density at radius 2 is 2.35 bits per heavy atom. The lowest BCUT2D eigenvalue weighted by Crippen LogP contribution is -2.45. The fourth-order valence-electron chi connectivity index (χ4n) is 2.53. The van der Waals surface area contributed by atoms with E-state index < -0.39 is 0 Å². The summed E-state index contributed by atoms with van der Waals surface area (Å²) in [5.74, 6) is 0.124. The van der Waals surface area contributed by atoms with Gasteiger partial charge in [0.05, 0.1) is 0 Å². The van der Waals surface area contributed by atoms with Crippen molar-refractivity contribution in [3.63, 3.8) is 0 Å². The van der Waals surface area contributed by atoms with Gasteiger partial charge in [0.15, 0.2) is 0 Å². The van der Waals surface area contributed by atoms with E-state index in [9.17, 15) is 9.18 Å². The Labute approximate surface area is 140 Å². The minimum atomic E-state index is -0.373. The number of benzene rings is 1. The number of nitrogens with zero attached hydrogens (tertiary/aromatic N) is 1. The zero-order chi connectivity index (χ0) is 16.8. The third kappa shape index (κ3) is 5.11. The molecule has 0 spiro atoms. The van der Waals surface area contributed by atoms with Gasteiger partial charge in [0.1, 0.15) is 11.6 Å². The van der Waals surface area contributed by atoms with Crippen LogP contribution in [-0.4, -0.2) is 37.0 Å². The number of piperidine rings is 1. The predicted molar refractivity (Wildman–Crippen MR) is 89.2 cm³/mol. The molecule has 0 aliphatic carbocycles. The zero-order valence-electron chi connectivity index (χ0n) is 13.1. The largest absolute Gasteiger partial charge is 0.367 e. The van der Waals surface area contributed by atoms with Gasteiger partial charge in [0.2, 0.25) is 5.91 Å². The second kappa shape index (κ2) is 8.17. The van der Waals surface area contributed by atoms with E-state index >= 15 is 0 Å². The number of carbonyl (C=O) groups excluding carboxylic acids is 1. The Hall–Kier alpha value is -1.79. The van der Waals surface area contributed by atoms with Gasteiger partial charge in [-0.1, -0.05) is 17.7 Å². The molecule has 1 aromatic carbocycles. The van der Waals surface area contributed by atoms with Gasteiger partial charge < -0.3 is 21.3 Å². The van der Waals surface area contributed by atoms with Crippen LogP contribution in [0.4, 0.5) is 4.39 Å². The summed E-state index contributed by atoms with van der Waals surface area (Å²) in [5.41, 5.74) is 6.78. The number of hydrogen-bond donors (Lipinski definition) is 3. The summed E-state index contributed by atoms with van der Waals surface area (Å²) in [6, 6.07) is 4.36. The van der Waals surface area contributed by atoms with Crippen molar-refractivity contribution >= 4 is 17.5 Å². The van der Waals surface area contributed by atoms with Gasteiger partial charge in [-0.25, -0.2) is 4.39 Å². The highest BCUT2D eigenvalue weighted by molar-refractivity contribution is 6.31. The molecule has 5 nitrogen and oxygen atoms in total. The molecule has 126 valence electrons. The van der Waals surface area contributed by atoms with Crippen molar-refractivity contribution in [3.8, 4) is 0 Å². The molecule has 2 rings (SSSR count). The number of rotatable bonds is 5.